The normalized spacial score (nSPS) is 10.6. The van der Waals surface area contributed by atoms with E-state index in [2.05, 4.69) is 15.3 Å². The van der Waals surface area contributed by atoms with Gasteiger partial charge in [-0.2, -0.15) is 0 Å². The van der Waals surface area contributed by atoms with E-state index in [1.54, 1.807) is 44.8 Å². The Morgan fingerprint density at radius 3 is 2.50 bits per heavy atom. The third-order valence-electron chi connectivity index (χ3n) is 4.40. The number of amides is 2. The van der Waals surface area contributed by atoms with Crippen LogP contribution < -0.4 is 20.5 Å². The lowest BCUT2D eigenvalue weighted by molar-refractivity contribution is 0.220. The largest absolute Gasteiger partial charge is 0.493 e. The molecule has 0 fully saturated rings. The Morgan fingerprint density at radius 1 is 1.18 bits per heavy atom. The molecule has 0 atom stereocenters. The van der Waals surface area contributed by atoms with Crippen molar-refractivity contribution in [3.63, 3.8) is 0 Å². The van der Waals surface area contributed by atoms with Crippen LogP contribution in [0.2, 0.25) is 0 Å². The predicted octanol–water partition coefficient (Wildman–Crippen LogP) is 2.77. The Labute approximate surface area is 163 Å². The molecule has 28 heavy (non-hydrogen) atoms. The minimum atomic E-state index is -0.262. The third-order valence-corrected chi connectivity index (χ3v) is 4.40. The smallest absolute Gasteiger partial charge is 0.321 e. The molecule has 8 heteroatoms. The van der Waals surface area contributed by atoms with Crippen molar-refractivity contribution in [3.05, 3.63) is 54.1 Å². The van der Waals surface area contributed by atoms with Crippen LogP contribution in [0.4, 0.5) is 10.5 Å². The predicted molar refractivity (Wildman–Crippen MR) is 107 cm³/mol. The SMILES string of the molecule is COc1cc2c(NC(=O)N(C)Cc3cccnc3)cnc(CN)c2cc1OC. The molecule has 0 radical (unpaired) electrons. The number of hydrogen-bond donors (Lipinski definition) is 2. The lowest BCUT2D eigenvalue weighted by Gasteiger charge is -2.19. The first kappa shape index (κ1) is 19.4. The number of fused-ring (bicyclic) bond motifs is 1. The molecule has 0 saturated carbocycles. The highest BCUT2D eigenvalue weighted by molar-refractivity contribution is 6.03. The van der Waals surface area contributed by atoms with Crippen molar-refractivity contribution in [3.8, 4) is 11.5 Å². The van der Waals surface area contributed by atoms with Crippen LogP contribution in [-0.2, 0) is 13.1 Å². The van der Waals surface area contributed by atoms with Gasteiger partial charge in [0.1, 0.15) is 0 Å². The Bertz CT molecular complexity index is 978. The molecule has 0 bridgehead atoms. The van der Waals surface area contributed by atoms with Gasteiger partial charge >= 0.3 is 6.03 Å². The number of nitrogens with zero attached hydrogens (tertiary/aromatic N) is 3. The number of nitrogens with one attached hydrogen (secondary N) is 1. The quantitative estimate of drug-likeness (QED) is 0.681. The standard InChI is InChI=1S/C20H23N5O3/c1-25(12-13-5-4-6-22-10-13)20(26)24-17-11-23-16(9-21)14-7-18(27-2)19(28-3)8-15(14)17/h4-8,10-11H,9,12,21H2,1-3H3,(H,24,26). The first-order valence-corrected chi connectivity index (χ1v) is 8.72. The summed E-state index contributed by atoms with van der Waals surface area (Å²) >= 11 is 0. The molecule has 3 rings (SSSR count). The molecule has 2 amide bonds. The van der Waals surface area contributed by atoms with Crippen LogP contribution in [-0.4, -0.2) is 42.2 Å². The van der Waals surface area contributed by atoms with Crippen LogP contribution in [0.1, 0.15) is 11.3 Å². The number of carbonyl (C=O) groups is 1. The van der Waals surface area contributed by atoms with Gasteiger partial charge in [0.15, 0.2) is 11.5 Å². The van der Waals surface area contributed by atoms with Crippen LogP contribution in [0.15, 0.2) is 42.9 Å². The number of anilines is 1. The zero-order valence-electron chi connectivity index (χ0n) is 16.1. The highest BCUT2D eigenvalue weighted by Crippen LogP contribution is 2.36. The van der Waals surface area contributed by atoms with E-state index >= 15 is 0 Å². The van der Waals surface area contributed by atoms with E-state index in [-0.39, 0.29) is 12.6 Å². The zero-order valence-corrected chi connectivity index (χ0v) is 16.1. The van der Waals surface area contributed by atoms with Gasteiger partial charge < -0.3 is 25.4 Å². The Balaban J connectivity index is 1.92. The lowest BCUT2D eigenvalue weighted by atomic mass is 10.1. The third kappa shape index (κ3) is 3.96. The van der Waals surface area contributed by atoms with E-state index in [9.17, 15) is 4.79 Å². The van der Waals surface area contributed by atoms with Crippen LogP contribution in [0, 0.1) is 0 Å². The molecule has 0 aliphatic rings. The van der Waals surface area contributed by atoms with Crippen molar-refractivity contribution in [2.75, 3.05) is 26.6 Å². The van der Waals surface area contributed by atoms with Crippen LogP contribution in [0.3, 0.4) is 0 Å². The maximum Gasteiger partial charge on any atom is 0.321 e. The molecule has 0 spiro atoms. The molecule has 0 aliphatic carbocycles. The van der Waals surface area contributed by atoms with Gasteiger partial charge in [0.2, 0.25) is 0 Å². The first-order valence-electron chi connectivity index (χ1n) is 8.72. The van der Waals surface area contributed by atoms with E-state index in [0.717, 1.165) is 16.3 Å². The van der Waals surface area contributed by atoms with E-state index in [1.165, 1.54) is 0 Å². The van der Waals surface area contributed by atoms with E-state index in [4.69, 9.17) is 15.2 Å². The van der Waals surface area contributed by atoms with Crippen molar-refractivity contribution in [1.29, 1.82) is 0 Å². The van der Waals surface area contributed by atoms with Crippen molar-refractivity contribution >= 4 is 22.5 Å². The second kappa shape index (κ2) is 8.53. The first-order chi connectivity index (χ1) is 13.6. The number of pyridine rings is 2. The fraction of sp³-hybridized carbons (Fsp3) is 0.250. The van der Waals surface area contributed by atoms with Gasteiger partial charge in [-0.1, -0.05) is 6.07 Å². The molecule has 0 unspecified atom stereocenters. The van der Waals surface area contributed by atoms with Crippen LogP contribution >= 0.6 is 0 Å². The number of nitrogens with two attached hydrogens (primary N) is 1. The van der Waals surface area contributed by atoms with Crippen LogP contribution in [0.25, 0.3) is 10.8 Å². The van der Waals surface area contributed by atoms with Crippen molar-refractivity contribution in [1.82, 2.24) is 14.9 Å². The number of urea groups is 1. The maximum absolute atomic E-state index is 12.7. The summed E-state index contributed by atoms with van der Waals surface area (Å²) < 4.78 is 10.8. The summed E-state index contributed by atoms with van der Waals surface area (Å²) in [6.45, 7) is 0.699. The zero-order chi connectivity index (χ0) is 20.1. The summed E-state index contributed by atoms with van der Waals surface area (Å²) in [4.78, 5) is 22.7. The second-order valence-electron chi connectivity index (χ2n) is 6.22. The number of rotatable bonds is 6. The maximum atomic E-state index is 12.7. The molecular formula is C20H23N5O3. The van der Waals surface area contributed by atoms with Gasteiger partial charge in [0.25, 0.3) is 0 Å². The molecule has 1 aromatic carbocycles. The minimum Gasteiger partial charge on any atom is -0.493 e. The Hall–Kier alpha value is -3.39. The molecule has 2 aromatic heterocycles. The summed E-state index contributed by atoms with van der Waals surface area (Å²) in [5.41, 5.74) is 8.04. The molecule has 146 valence electrons. The summed E-state index contributed by atoms with van der Waals surface area (Å²) in [5.74, 6) is 1.13. The number of benzene rings is 1. The van der Waals surface area contributed by atoms with E-state index < -0.39 is 0 Å². The molecule has 3 N–H and O–H groups in total. The van der Waals surface area contributed by atoms with Gasteiger partial charge in [-0.25, -0.2) is 4.79 Å². The molecule has 3 aromatic rings. The highest BCUT2D eigenvalue weighted by atomic mass is 16.5. The topological polar surface area (TPSA) is 103 Å². The monoisotopic (exact) mass is 381 g/mol. The summed E-state index contributed by atoms with van der Waals surface area (Å²) in [7, 11) is 4.85. The molecule has 2 heterocycles. The van der Waals surface area contributed by atoms with Gasteiger partial charge in [-0.15, -0.1) is 0 Å². The fourth-order valence-corrected chi connectivity index (χ4v) is 2.93. The molecule has 0 aliphatic heterocycles. The number of carbonyl (C=O) groups excluding carboxylic acids is 1. The molecular weight excluding hydrogens is 358 g/mol. The Kier molecular flexibility index (Phi) is 5.90. The number of hydrogen-bond acceptors (Lipinski definition) is 6. The number of ether oxygens (including phenoxy) is 2. The van der Waals surface area contributed by atoms with Crippen molar-refractivity contribution in [2.45, 2.75) is 13.1 Å². The highest BCUT2D eigenvalue weighted by Gasteiger charge is 2.16. The Morgan fingerprint density at radius 2 is 1.89 bits per heavy atom. The van der Waals surface area contributed by atoms with Crippen LogP contribution in [0.5, 0.6) is 11.5 Å². The van der Waals surface area contributed by atoms with Gasteiger partial charge in [0, 0.05) is 43.3 Å². The van der Waals surface area contributed by atoms with Gasteiger partial charge in [-0.05, 0) is 23.8 Å². The average molecular weight is 381 g/mol. The number of aromatic nitrogens is 2. The van der Waals surface area contributed by atoms with E-state index in [0.29, 0.717) is 29.4 Å². The molecule has 0 saturated heterocycles. The average Bonchev–Trinajstić information content (AvgIpc) is 2.73. The lowest BCUT2D eigenvalue weighted by Crippen LogP contribution is -2.31. The fourth-order valence-electron chi connectivity index (χ4n) is 2.93. The minimum absolute atomic E-state index is 0.262. The summed E-state index contributed by atoms with van der Waals surface area (Å²) in [6.07, 6.45) is 5.03. The van der Waals surface area contributed by atoms with Gasteiger partial charge in [-0.3, -0.25) is 9.97 Å². The van der Waals surface area contributed by atoms with Crippen molar-refractivity contribution < 1.29 is 14.3 Å². The number of methoxy groups -OCH3 is 2. The van der Waals surface area contributed by atoms with Gasteiger partial charge in [0.05, 0.1) is 31.8 Å². The van der Waals surface area contributed by atoms with E-state index in [1.807, 2.05) is 24.3 Å². The summed E-state index contributed by atoms with van der Waals surface area (Å²) in [5, 5.41) is 4.49. The summed E-state index contributed by atoms with van der Waals surface area (Å²) in [6, 6.07) is 7.12. The molecule has 8 nitrogen and oxygen atoms in total. The van der Waals surface area contributed by atoms with Crippen molar-refractivity contribution in [2.24, 2.45) is 5.73 Å². The second-order valence-corrected chi connectivity index (χ2v) is 6.22.